The molecule has 0 heterocycles. The molecule has 24 heavy (non-hydrogen) atoms. The smallest absolute Gasteiger partial charge is 0.237 e. The number of rotatable bonds is 6. The maximum absolute atomic E-state index is 13.2. The normalized spacial score (nSPS) is 10.2. The molecule has 0 aliphatic rings. The first-order valence-electron chi connectivity index (χ1n) is 7.02. The van der Waals surface area contributed by atoms with E-state index in [0.29, 0.717) is 15.6 Å². The average Bonchev–Trinajstić information content (AvgIpc) is 2.56. The van der Waals surface area contributed by atoms with Crippen LogP contribution in [0.3, 0.4) is 0 Å². The molecule has 0 atom stereocenters. The zero-order chi connectivity index (χ0) is 17.5. The molecule has 0 unspecified atom stereocenters. The fraction of sp³-hybridized carbons (Fsp3) is 0.176. The zero-order valence-corrected chi connectivity index (χ0v) is 14.1. The second-order valence-electron chi connectivity index (χ2n) is 4.80. The minimum Gasteiger partial charge on any atom is -0.311 e. The summed E-state index contributed by atoms with van der Waals surface area (Å²) in [6.45, 7) is 0.230. The predicted molar refractivity (Wildman–Crippen MR) is 91.1 cm³/mol. The van der Waals surface area contributed by atoms with Gasteiger partial charge < -0.3 is 4.90 Å². The number of halogens is 3. The summed E-state index contributed by atoms with van der Waals surface area (Å²) in [6.07, 6.45) is 0.175. The number of nitrogens with zero attached hydrogens (tertiary/aromatic N) is 2. The van der Waals surface area contributed by atoms with Gasteiger partial charge in [0, 0.05) is 22.2 Å². The third-order valence-corrected chi connectivity index (χ3v) is 4.34. The summed E-state index contributed by atoms with van der Waals surface area (Å²) in [5.74, 6) is -2.10. The Morgan fingerprint density at radius 2 is 2.00 bits per heavy atom. The molecule has 3 nitrogen and oxygen atoms in total. The van der Waals surface area contributed by atoms with E-state index < -0.39 is 11.6 Å². The second kappa shape index (κ2) is 8.67. The summed E-state index contributed by atoms with van der Waals surface area (Å²) in [4.78, 5) is 14.4. The molecule has 2 aromatic rings. The Kier molecular flexibility index (Phi) is 6.59. The lowest BCUT2D eigenvalue weighted by Gasteiger charge is -2.22. The molecule has 2 rings (SSSR count). The molecule has 0 aliphatic carbocycles. The molecule has 124 valence electrons. The molecule has 0 radical (unpaired) electrons. The fourth-order valence-electron chi connectivity index (χ4n) is 1.99. The monoisotopic (exact) mass is 366 g/mol. The second-order valence-corrected chi connectivity index (χ2v) is 6.28. The Hall–Kier alpha value is -2.10. The van der Waals surface area contributed by atoms with E-state index in [9.17, 15) is 13.6 Å². The van der Waals surface area contributed by atoms with Crippen molar-refractivity contribution in [1.82, 2.24) is 0 Å². The Labute approximate surface area is 147 Å². The Bertz CT molecular complexity index is 779. The van der Waals surface area contributed by atoms with Gasteiger partial charge in [-0.15, -0.1) is 11.8 Å². The zero-order valence-electron chi connectivity index (χ0n) is 12.5. The van der Waals surface area contributed by atoms with Crippen LogP contribution in [0.25, 0.3) is 0 Å². The van der Waals surface area contributed by atoms with Crippen molar-refractivity contribution in [2.75, 3.05) is 17.2 Å². The summed E-state index contributed by atoms with van der Waals surface area (Å²) in [5.41, 5.74) is 0.591. The van der Waals surface area contributed by atoms with Gasteiger partial charge in [0.25, 0.3) is 0 Å². The SMILES string of the molecule is N#CCCN(C(=O)CSc1ccc(F)c(F)c1)c1cccc(Cl)c1. The summed E-state index contributed by atoms with van der Waals surface area (Å²) >= 11 is 7.05. The van der Waals surface area contributed by atoms with Gasteiger partial charge in [-0.1, -0.05) is 17.7 Å². The van der Waals surface area contributed by atoms with Crippen molar-refractivity contribution in [1.29, 1.82) is 5.26 Å². The van der Waals surface area contributed by atoms with Crippen molar-refractivity contribution >= 4 is 35.0 Å². The van der Waals surface area contributed by atoms with Crippen molar-refractivity contribution in [3.05, 3.63) is 59.1 Å². The van der Waals surface area contributed by atoms with Crippen LogP contribution in [0.4, 0.5) is 14.5 Å². The van der Waals surface area contributed by atoms with Crippen LogP contribution in [0, 0.1) is 23.0 Å². The lowest BCUT2D eigenvalue weighted by molar-refractivity contribution is -0.116. The van der Waals surface area contributed by atoms with E-state index in [1.807, 2.05) is 6.07 Å². The van der Waals surface area contributed by atoms with Crippen molar-refractivity contribution in [2.24, 2.45) is 0 Å². The molecule has 7 heteroatoms. The van der Waals surface area contributed by atoms with E-state index in [-0.39, 0.29) is 24.6 Å². The molecule has 0 fully saturated rings. The summed E-state index contributed by atoms with van der Waals surface area (Å²) in [5, 5.41) is 9.25. The van der Waals surface area contributed by atoms with Crippen molar-refractivity contribution < 1.29 is 13.6 Å². The molecular formula is C17H13ClF2N2OS. The van der Waals surface area contributed by atoms with Gasteiger partial charge in [0.15, 0.2) is 11.6 Å². The fourth-order valence-corrected chi connectivity index (χ4v) is 2.97. The Balaban J connectivity index is 2.10. The van der Waals surface area contributed by atoms with Gasteiger partial charge in [-0.3, -0.25) is 4.79 Å². The number of carbonyl (C=O) groups is 1. The van der Waals surface area contributed by atoms with Gasteiger partial charge in [-0.2, -0.15) is 5.26 Å². The van der Waals surface area contributed by atoms with Crippen LogP contribution in [0.5, 0.6) is 0 Å². The molecule has 1 amide bonds. The Morgan fingerprint density at radius 1 is 1.21 bits per heavy atom. The van der Waals surface area contributed by atoms with E-state index >= 15 is 0 Å². The van der Waals surface area contributed by atoms with Gasteiger partial charge in [0.1, 0.15) is 0 Å². The van der Waals surface area contributed by atoms with Gasteiger partial charge in [0.2, 0.25) is 5.91 Å². The van der Waals surface area contributed by atoms with E-state index in [2.05, 4.69) is 0 Å². The molecule has 0 saturated heterocycles. The van der Waals surface area contributed by atoms with Crippen LogP contribution in [0.15, 0.2) is 47.4 Å². The molecule has 0 spiro atoms. The number of hydrogen-bond donors (Lipinski definition) is 0. The van der Waals surface area contributed by atoms with Gasteiger partial charge >= 0.3 is 0 Å². The number of benzene rings is 2. The van der Waals surface area contributed by atoms with E-state index in [4.69, 9.17) is 16.9 Å². The summed E-state index contributed by atoms with van der Waals surface area (Å²) in [6, 6.07) is 12.2. The average molecular weight is 367 g/mol. The highest BCUT2D eigenvalue weighted by Crippen LogP contribution is 2.24. The highest BCUT2D eigenvalue weighted by Gasteiger charge is 2.16. The number of amides is 1. The lowest BCUT2D eigenvalue weighted by atomic mass is 10.2. The number of nitriles is 1. The third-order valence-electron chi connectivity index (χ3n) is 3.12. The molecule has 0 aliphatic heterocycles. The van der Waals surface area contributed by atoms with Gasteiger partial charge in [0.05, 0.1) is 18.2 Å². The molecule has 0 saturated carbocycles. The highest BCUT2D eigenvalue weighted by molar-refractivity contribution is 8.00. The maximum atomic E-state index is 13.2. The Morgan fingerprint density at radius 3 is 2.67 bits per heavy atom. The van der Waals surface area contributed by atoms with E-state index in [0.717, 1.165) is 23.9 Å². The predicted octanol–water partition coefficient (Wildman–Crippen LogP) is 4.66. The first-order chi connectivity index (χ1) is 11.5. The van der Waals surface area contributed by atoms with Crippen LogP contribution in [0.2, 0.25) is 5.02 Å². The third kappa shape index (κ3) is 4.95. The molecular weight excluding hydrogens is 354 g/mol. The summed E-state index contributed by atoms with van der Waals surface area (Å²) in [7, 11) is 0. The van der Waals surface area contributed by atoms with Crippen LogP contribution in [0.1, 0.15) is 6.42 Å². The van der Waals surface area contributed by atoms with Crippen LogP contribution < -0.4 is 4.90 Å². The topological polar surface area (TPSA) is 44.1 Å². The number of anilines is 1. The number of hydrogen-bond acceptors (Lipinski definition) is 3. The quantitative estimate of drug-likeness (QED) is 0.698. The molecule has 2 aromatic carbocycles. The van der Waals surface area contributed by atoms with Crippen molar-refractivity contribution in [2.45, 2.75) is 11.3 Å². The largest absolute Gasteiger partial charge is 0.311 e. The van der Waals surface area contributed by atoms with Crippen LogP contribution in [-0.2, 0) is 4.79 Å². The first kappa shape index (κ1) is 18.2. The first-order valence-corrected chi connectivity index (χ1v) is 8.38. The highest BCUT2D eigenvalue weighted by atomic mass is 35.5. The minimum absolute atomic E-state index is 0.0308. The molecule has 0 bridgehead atoms. The van der Waals surface area contributed by atoms with Crippen molar-refractivity contribution in [3.63, 3.8) is 0 Å². The van der Waals surface area contributed by atoms with Crippen molar-refractivity contribution in [3.8, 4) is 6.07 Å². The summed E-state index contributed by atoms with van der Waals surface area (Å²) < 4.78 is 26.1. The standard InChI is InChI=1S/C17H13ClF2N2OS/c18-12-3-1-4-13(9-12)22(8-2-7-21)17(23)11-24-14-5-6-15(19)16(20)10-14/h1,3-6,9-10H,2,8,11H2. The lowest BCUT2D eigenvalue weighted by Crippen LogP contribution is -2.33. The van der Waals surface area contributed by atoms with Gasteiger partial charge in [-0.05, 0) is 36.4 Å². The van der Waals surface area contributed by atoms with Crippen LogP contribution >= 0.6 is 23.4 Å². The maximum Gasteiger partial charge on any atom is 0.237 e. The number of carbonyl (C=O) groups excluding carboxylic acids is 1. The van der Waals surface area contributed by atoms with Crippen LogP contribution in [-0.4, -0.2) is 18.2 Å². The van der Waals surface area contributed by atoms with E-state index in [1.165, 1.54) is 11.0 Å². The number of thioether (sulfide) groups is 1. The molecule has 0 aromatic heterocycles. The van der Waals surface area contributed by atoms with Gasteiger partial charge in [-0.25, -0.2) is 8.78 Å². The minimum atomic E-state index is -0.955. The molecule has 0 N–H and O–H groups in total. The van der Waals surface area contributed by atoms with E-state index in [1.54, 1.807) is 24.3 Å².